The van der Waals surface area contributed by atoms with Crippen LogP contribution < -0.4 is 0 Å². The highest BCUT2D eigenvalue weighted by molar-refractivity contribution is 6.05. The average Bonchev–Trinajstić information content (AvgIpc) is 2.26. The van der Waals surface area contributed by atoms with Crippen LogP contribution in [0.1, 0.15) is 40.5 Å². The van der Waals surface area contributed by atoms with Crippen molar-refractivity contribution >= 4 is 17.8 Å². The van der Waals surface area contributed by atoms with E-state index in [1.807, 2.05) is 0 Å². The van der Waals surface area contributed by atoms with Crippen molar-refractivity contribution in [2.24, 2.45) is 5.41 Å². The van der Waals surface area contributed by atoms with Crippen molar-refractivity contribution in [2.45, 2.75) is 46.1 Å². The van der Waals surface area contributed by atoms with Gasteiger partial charge in [-0.25, -0.2) is 4.79 Å². The van der Waals surface area contributed by atoms with Crippen molar-refractivity contribution in [1.82, 2.24) is 4.90 Å². The summed E-state index contributed by atoms with van der Waals surface area (Å²) in [4.78, 5) is 36.4. The first-order valence-electron chi connectivity index (χ1n) is 6.37. The standard InChI is InChI=1S/C13H21NO5/c1-5-13(10(16)17)6-7-14(8-9(13)15)11(18)19-12(2,3)4/h5-8H2,1-4H3,(H,16,17)/t13-/m0/s1. The summed E-state index contributed by atoms with van der Waals surface area (Å²) in [5, 5.41) is 9.21. The van der Waals surface area contributed by atoms with Crippen LogP contribution in [0.4, 0.5) is 4.79 Å². The molecule has 1 atom stereocenters. The molecular weight excluding hydrogens is 250 g/mol. The second-order valence-corrected chi connectivity index (χ2v) is 5.82. The van der Waals surface area contributed by atoms with Gasteiger partial charge in [-0.05, 0) is 33.6 Å². The fraction of sp³-hybridized carbons (Fsp3) is 0.769. The Bertz CT molecular complexity index is 398. The quantitative estimate of drug-likeness (QED) is 0.772. The first-order valence-corrected chi connectivity index (χ1v) is 6.37. The Kier molecular flexibility index (Phi) is 4.22. The molecule has 0 unspecified atom stereocenters. The largest absolute Gasteiger partial charge is 0.480 e. The molecule has 0 aromatic heterocycles. The van der Waals surface area contributed by atoms with Gasteiger partial charge >= 0.3 is 12.1 Å². The van der Waals surface area contributed by atoms with E-state index < -0.39 is 28.9 Å². The molecule has 1 heterocycles. The smallest absolute Gasteiger partial charge is 0.410 e. The van der Waals surface area contributed by atoms with Gasteiger partial charge in [0.05, 0.1) is 6.54 Å². The van der Waals surface area contributed by atoms with Crippen LogP contribution >= 0.6 is 0 Å². The Morgan fingerprint density at radius 2 is 2.00 bits per heavy atom. The average molecular weight is 271 g/mol. The zero-order valence-electron chi connectivity index (χ0n) is 11.9. The molecule has 1 fully saturated rings. The topological polar surface area (TPSA) is 83.9 Å². The zero-order valence-corrected chi connectivity index (χ0v) is 11.9. The van der Waals surface area contributed by atoms with E-state index in [1.54, 1.807) is 27.7 Å². The number of ketones is 1. The van der Waals surface area contributed by atoms with Crippen LogP contribution in [0.2, 0.25) is 0 Å². The Balaban J connectivity index is 2.76. The third-order valence-corrected chi connectivity index (χ3v) is 3.34. The normalized spacial score (nSPS) is 24.2. The molecular formula is C13H21NO5. The van der Waals surface area contributed by atoms with Gasteiger partial charge in [-0.3, -0.25) is 9.59 Å². The van der Waals surface area contributed by atoms with Crippen LogP contribution in [0.5, 0.6) is 0 Å². The van der Waals surface area contributed by atoms with Gasteiger partial charge in [-0.15, -0.1) is 0 Å². The SMILES string of the molecule is CC[C@]1(C(=O)O)CCN(C(=O)OC(C)(C)C)CC1=O. The summed E-state index contributed by atoms with van der Waals surface area (Å²) in [6.07, 6.45) is -0.198. The van der Waals surface area contributed by atoms with E-state index in [1.165, 1.54) is 4.90 Å². The molecule has 1 aliphatic rings. The summed E-state index contributed by atoms with van der Waals surface area (Å²) < 4.78 is 5.18. The molecule has 108 valence electrons. The number of nitrogens with zero attached hydrogens (tertiary/aromatic N) is 1. The third kappa shape index (κ3) is 3.24. The van der Waals surface area contributed by atoms with Crippen LogP contribution in [0, 0.1) is 5.41 Å². The lowest BCUT2D eigenvalue weighted by Gasteiger charge is -2.37. The fourth-order valence-corrected chi connectivity index (χ4v) is 2.10. The van der Waals surface area contributed by atoms with Crippen LogP contribution in [0.3, 0.4) is 0 Å². The van der Waals surface area contributed by atoms with E-state index in [0.29, 0.717) is 0 Å². The number of carboxylic acid groups (broad SMARTS) is 1. The molecule has 6 nitrogen and oxygen atoms in total. The lowest BCUT2D eigenvalue weighted by molar-refractivity contribution is -0.158. The monoisotopic (exact) mass is 271 g/mol. The highest BCUT2D eigenvalue weighted by atomic mass is 16.6. The number of carbonyl (C=O) groups is 3. The number of amides is 1. The highest BCUT2D eigenvalue weighted by Crippen LogP contribution is 2.32. The summed E-state index contributed by atoms with van der Waals surface area (Å²) in [5.74, 6) is -1.54. The predicted molar refractivity (Wildman–Crippen MR) is 67.8 cm³/mol. The summed E-state index contributed by atoms with van der Waals surface area (Å²) >= 11 is 0. The number of hydrogen-bond donors (Lipinski definition) is 1. The van der Waals surface area contributed by atoms with Crippen molar-refractivity contribution in [3.8, 4) is 0 Å². The number of ether oxygens (including phenoxy) is 1. The summed E-state index contributed by atoms with van der Waals surface area (Å²) in [6, 6.07) is 0. The van der Waals surface area contributed by atoms with Crippen molar-refractivity contribution in [3.63, 3.8) is 0 Å². The number of piperidine rings is 1. The predicted octanol–water partition coefficient (Wildman–Crippen LogP) is 1.68. The van der Waals surface area contributed by atoms with E-state index in [4.69, 9.17) is 4.74 Å². The lowest BCUT2D eigenvalue weighted by atomic mass is 9.75. The second kappa shape index (κ2) is 5.19. The number of hydrogen-bond acceptors (Lipinski definition) is 4. The number of Topliss-reactive ketones (excluding diaryl/α,β-unsaturated/α-hetero) is 1. The summed E-state index contributed by atoms with van der Waals surface area (Å²) in [5.41, 5.74) is -1.98. The molecule has 0 aromatic carbocycles. The van der Waals surface area contributed by atoms with Gasteiger partial charge in [0.15, 0.2) is 5.78 Å². The maximum Gasteiger partial charge on any atom is 0.410 e. The van der Waals surface area contributed by atoms with Gasteiger partial charge in [-0.2, -0.15) is 0 Å². The Labute approximate surface area is 112 Å². The van der Waals surface area contributed by atoms with E-state index in [9.17, 15) is 19.5 Å². The van der Waals surface area contributed by atoms with Crippen molar-refractivity contribution in [2.75, 3.05) is 13.1 Å². The van der Waals surface area contributed by atoms with Gasteiger partial charge in [0, 0.05) is 6.54 Å². The van der Waals surface area contributed by atoms with Gasteiger partial charge in [0.25, 0.3) is 0 Å². The van der Waals surface area contributed by atoms with Crippen LogP contribution in [0.25, 0.3) is 0 Å². The molecule has 6 heteroatoms. The van der Waals surface area contributed by atoms with E-state index in [2.05, 4.69) is 0 Å². The molecule has 1 aliphatic heterocycles. The molecule has 1 N–H and O–H groups in total. The first kappa shape index (κ1) is 15.5. The zero-order chi connectivity index (χ0) is 14.8. The molecule has 0 saturated carbocycles. The number of carboxylic acids is 1. The maximum absolute atomic E-state index is 12.0. The minimum atomic E-state index is -1.35. The molecule has 1 rings (SSSR count). The molecule has 1 saturated heterocycles. The van der Waals surface area contributed by atoms with Crippen molar-refractivity contribution in [1.29, 1.82) is 0 Å². The van der Waals surface area contributed by atoms with Gasteiger partial charge in [0.2, 0.25) is 0 Å². The first-order chi connectivity index (χ1) is 8.62. The number of carbonyl (C=O) groups excluding carboxylic acids is 2. The van der Waals surface area contributed by atoms with Crippen molar-refractivity contribution < 1.29 is 24.2 Å². The van der Waals surface area contributed by atoms with Gasteiger partial charge < -0.3 is 14.7 Å². The van der Waals surface area contributed by atoms with Crippen LogP contribution in [0.15, 0.2) is 0 Å². The van der Waals surface area contributed by atoms with Crippen LogP contribution in [-0.2, 0) is 14.3 Å². The number of rotatable bonds is 2. The Hall–Kier alpha value is -1.59. The molecule has 0 aliphatic carbocycles. The maximum atomic E-state index is 12.0. The molecule has 0 aromatic rings. The Morgan fingerprint density at radius 3 is 2.37 bits per heavy atom. The molecule has 0 bridgehead atoms. The second-order valence-electron chi connectivity index (χ2n) is 5.82. The Morgan fingerprint density at radius 1 is 1.42 bits per heavy atom. The number of aliphatic carboxylic acids is 1. The van der Waals surface area contributed by atoms with E-state index in [0.717, 1.165) is 0 Å². The molecule has 0 radical (unpaired) electrons. The lowest BCUT2D eigenvalue weighted by Crippen LogP contribution is -2.54. The van der Waals surface area contributed by atoms with Crippen molar-refractivity contribution in [3.05, 3.63) is 0 Å². The highest BCUT2D eigenvalue weighted by Gasteiger charge is 2.48. The number of likely N-dealkylation sites (tertiary alicyclic amines) is 1. The molecule has 19 heavy (non-hydrogen) atoms. The summed E-state index contributed by atoms with van der Waals surface area (Å²) in [7, 11) is 0. The van der Waals surface area contributed by atoms with Crippen LogP contribution in [-0.4, -0.2) is 46.5 Å². The molecule has 1 amide bonds. The minimum Gasteiger partial charge on any atom is -0.480 e. The van der Waals surface area contributed by atoms with Gasteiger partial charge in [-0.1, -0.05) is 6.92 Å². The van der Waals surface area contributed by atoms with E-state index >= 15 is 0 Å². The minimum absolute atomic E-state index is 0.136. The summed E-state index contributed by atoms with van der Waals surface area (Å²) in [6.45, 7) is 6.92. The molecule has 0 spiro atoms. The van der Waals surface area contributed by atoms with E-state index in [-0.39, 0.29) is 25.9 Å². The van der Waals surface area contributed by atoms with Gasteiger partial charge in [0.1, 0.15) is 11.0 Å². The third-order valence-electron chi connectivity index (χ3n) is 3.34. The fourth-order valence-electron chi connectivity index (χ4n) is 2.10.